The van der Waals surface area contributed by atoms with Gasteiger partial charge in [-0.15, -0.1) is 0 Å². The second-order valence-electron chi connectivity index (χ2n) is 4.78. The number of ketones is 1. The van der Waals surface area contributed by atoms with Crippen LogP contribution in [0, 0.1) is 20.8 Å². The van der Waals surface area contributed by atoms with Crippen molar-refractivity contribution in [2.75, 3.05) is 0 Å². The molecule has 0 saturated carbocycles. The third-order valence-corrected chi connectivity index (χ3v) is 4.45. The predicted octanol–water partition coefficient (Wildman–Crippen LogP) is 4.49. The van der Waals surface area contributed by atoms with Gasteiger partial charge < -0.3 is 0 Å². The van der Waals surface area contributed by atoms with Gasteiger partial charge in [-0.25, -0.2) is 0 Å². The maximum absolute atomic E-state index is 12.1. The van der Waals surface area contributed by atoms with Gasteiger partial charge in [0.25, 0.3) is 0 Å². The monoisotopic (exact) mass is 369 g/mol. The largest absolute Gasteiger partial charge is 0.299 e. The summed E-state index contributed by atoms with van der Waals surface area (Å²) >= 11 is 2.26. The van der Waals surface area contributed by atoms with Gasteiger partial charge in [-0.05, 0) is 65.6 Å². The van der Waals surface area contributed by atoms with E-state index in [1.54, 1.807) is 0 Å². The van der Waals surface area contributed by atoms with Crippen LogP contribution in [0.25, 0.3) is 0 Å². The first-order valence-electron chi connectivity index (χ1n) is 6.83. The number of Topliss-reactive ketones (excluding diaryl/α,β-unsaturated/α-hetero) is 1. The number of aryl methyl sites for hydroxylation is 1. The zero-order valence-corrected chi connectivity index (χ0v) is 13.7. The van der Waals surface area contributed by atoms with E-state index in [1.807, 2.05) is 18.2 Å². The van der Waals surface area contributed by atoms with Crippen LogP contribution in [0.15, 0.2) is 18.2 Å². The number of hydrogen-bond acceptors (Lipinski definition) is 2. The number of rotatable bonds is 7. The summed E-state index contributed by atoms with van der Waals surface area (Å²) in [5.41, 5.74) is 1.78. The summed E-state index contributed by atoms with van der Waals surface area (Å²) in [4.78, 5) is 12.1. The number of benzene rings is 1. The third-order valence-electron chi connectivity index (χ3n) is 3.40. The molecule has 0 spiro atoms. The Morgan fingerprint density at radius 3 is 2.74 bits per heavy atom. The number of hydrogen-bond donors (Lipinski definition) is 0. The first kappa shape index (κ1) is 16.2. The fourth-order valence-electron chi connectivity index (χ4n) is 2.24. The molecule has 0 bridgehead atoms. The van der Waals surface area contributed by atoms with Crippen LogP contribution in [-0.2, 0) is 11.2 Å². The second-order valence-corrected chi connectivity index (χ2v) is 5.94. The summed E-state index contributed by atoms with van der Waals surface area (Å²) in [5, 5.41) is 8.91. The van der Waals surface area contributed by atoms with Gasteiger partial charge in [0.05, 0.1) is 11.6 Å². The van der Waals surface area contributed by atoms with Gasteiger partial charge in [-0.3, -0.25) is 4.79 Å². The summed E-state index contributed by atoms with van der Waals surface area (Å²) in [6, 6.07) is 7.81. The third kappa shape index (κ3) is 4.94. The molecule has 3 heteroatoms. The molecule has 0 aliphatic carbocycles. The lowest BCUT2D eigenvalue weighted by atomic mass is 9.92. The molecule has 0 amide bonds. The van der Waals surface area contributed by atoms with Crippen LogP contribution in [0.5, 0.6) is 0 Å². The molecule has 1 aromatic carbocycles. The Morgan fingerprint density at radius 2 is 2.16 bits per heavy atom. The number of carbonyl (C=O) groups is 1. The van der Waals surface area contributed by atoms with E-state index >= 15 is 0 Å². The van der Waals surface area contributed by atoms with Gasteiger partial charge in [0.15, 0.2) is 0 Å². The smallest absolute Gasteiger partial charge is 0.136 e. The zero-order valence-electron chi connectivity index (χ0n) is 11.6. The standard InChI is InChI=1S/C16H20INO/c1-3-5-13(4-2)16(19)9-7-14-10-12(11-18)6-8-15(14)17/h6,8,10,13H,3-5,7,9H2,1-2H3. The highest BCUT2D eigenvalue weighted by Crippen LogP contribution is 2.19. The second kappa shape index (κ2) is 8.31. The molecule has 0 saturated heterocycles. The predicted molar refractivity (Wildman–Crippen MR) is 85.9 cm³/mol. The SMILES string of the molecule is CCCC(CC)C(=O)CCc1cc(C#N)ccc1I. The Morgan fingerprint density at radius 1 is 1.42 bits per heavy atom. The van der Waals surface area contributed by atoms with Crippen molar-refractivity contribution >= 4 is 28.4 Å². The molecular weight excluding hydrogens is 349 g/mol. The summed E-state index contributed by atoms with van der Waals surface area (Å²) in [5.74, 6) is 0.573. The van der Waals surface area contributed by atoms with Crippen molar-refractivity contribution in [3.05, 3.63) is 32.9 Å². The van der Waals surface area contributed by atoms with Crippen LogP contribution in [0.4, 0.5) is 0 Å². The minimum absolute atomic E-state index is 0.210. The molecule has 1 unspecified atom stereocenters. The lowest BCUT2D eigenvalue weighted by Crippen LogP contribution is -2.14. The molecule has 0 heterocycles. The van der Waals surface area contributed by atoms with Crippen molar-refractivity contribution in [2.24, 2.45) is 5.92 Å². The van der Waals surface area contributed by atoms with Crippen LogP contribution < -0.4 is 0 Å². The Balaban J connectivity index is 2.66. The fourth-order valence-corrected chi connectivity index (χ4v) is 2.84. The minimum atomic E-state index is 0.210. The summed E-state index contributed by atoms with van der Waals surface area (Å²) in [6.07, 6.45) is 4.31. The number of nitrogens with zero attached hydrogens (tertiary/aromatic N) is 1. The number of halogens is 1. The maximum Gasteiger partial charge on any atom is 0.136 e. The van der Waals surface area contributed by atoms with Gasteiger partial charge in [0.1, 0.15) is 5.78 Å². The van der Waals surface area contributed by atoms with Crippen LogP contribution in [0.3, 0.4) is 0 Å². The highest BCUT2D eigenvalue weighted by molar-refractivity contribution is 14.1. The van der Waals surface area contributed by atoms with Gasteiger partial charge >= 0.3 is 0 Å². The summed E-state index contributed by atoms with van der Waals surface area (Å²) in [7, 11) is 0. The van der Waals surface area contributed by atoms with Gasteiger partial charge in [-0.1, -0.05) is 20.3 Å². The Labute approximate surface area is 129 Å². The summed E-state index contributed by atoms with van der Waals surface area (Å²) in [6.45, 7) is 4.20. The summed E-state index contributed by atoms with van der Waals surface area (Å²) < 4.78 is 1.13. The van der Waals surface area contributed by atoms with E-state index in [-0.39, 0.29) is 5.92 Å². The van der Waals surface area contributed by atoms with Crippen LogP contribution in [0.2, 0.25) is 0 Å². The van der Waals surface area contributed by atoms with Gasteiger partial charge in [0.2, 0.25) is 0 Å². The molecule has 1 aromatic rings. The lowest BCUT2D eigenvalue weighted by Gasteiger charge is -2.12. The first-order chi connectivity index (χ1) is 9.12. The van der Waals surface area contributed by atoms with E-state index in [1.165, 1.54) is 0 Å². The number of nitriles is 1. The molecule has 1 rings (SSSR count). The molecule has 2 nitrogen and oxygen atoms in total. The van der Waals surface area contributed by atoms with E-state index in [4.69, 9.17) is 5.26 Å². The van der Waals surface area contributed by atoms with E-state index in [2.05, 4.69) is 42.5 Å². The van der Waals surface area contributed by atoms with Gasteiger partial charge in [-0.2, -0.15) is 5.26 Å². The topological polar surface area (TPSA) is 40.9 Å². The highest BCUT2D eigenvalue weighted by atomic mass is 127. The average Bonchev–Trinajstić information content (AvgIpc) is 2.43. The molecule has 0 aliphatic heterocycles. The minimum Gasteiger partial charge on any atom is -0.299 e. The molecular formula is C16H20INO. The molecule has 0 N–H and O–H groups in total. The Kier molecular flexibility index (Phi) is 7.07. The van der Waals surface area contributed by atoms with E-state index in [9.17, 15) is 4.79 Å². The average molecular weight is 369 g/mol. The lowest BCUT2D eigenvalue weighted by molar-refractivity contribution is -0.123. The van der Waals surface area contributed by atoms with Gasteiger partial charge in [0, 0.05) is 15.9 Å². The normalized spacial score (nSPS) is 11.9. The van der Waals surface area contributed by atoms with Crippen molar-refractivity contribution < 1.29 is 4.79 Å². The molecule has 19 heavy (non-hydrogen) atoms. The van der Waals surface area contributed by atoms with E-state index in [0.29, 0.717) is 17.8 Å². The molecule has 0 aromatic heterocycles. The molecule has 102 valence electrons. The Bertz CT molecular complexity index is 476. The molecule has 1 atom stereocenters. The number of carbonyl (C=O) groups excluding carboxylic acids is 1. The highest BCUT2D eigenvalue weighted by Gasteiger charge is 2.15. The molecule has 0 radical (unpaired) electrons. The van der Waals surface area contributed by atoms with E-state index in [0.717, 1.165) is 34.8 Å². The first-order valence-corrected chi connectivity index (χ1v) is 7.91. The van der Waals surface area contributed by atoms with Crippen LogP contribution in [-0.4, -0.2) is 5.78 Å². The van der Waals surface area contributed by atoms with Crippen LogP contribution in [0.1, 0.15) is 50.7 Å². The molecule has 0 aliphatic rings. The van der Waals surface area contributed by atoms with Crippen molar-refractivity contribution in [1.29, 1.82) is 5.26 Å². The van der Waals surface area contributed by atoms with Crippen LogP contribution >= 0.6 is 22.6 Å². The molecule has 0 fully saturated rings. The quantitative estimate of drug-likeness (QED) is 0.665. The maximum atomic E-state index is 12.1. The van der Waals surface area contributed by atoms with Crippen molar-refractivity contribution in [3.8, 4) is 6.07 Å². The zero-order chi connectivity index (χ0) is 14.3. The van der Waals surface area contributed by atoms with Crippen molar-refractivity contribution in [1.82, 2.24) is 0 Å². The van der Waals surface area contributed by atoms with E-state index < -0.39 is 0 Å². The van der Waals surface area contributed by atoms with Crippen molar-refractivity contribution in [2.45, 2.75) is 46.0 Å². The van der Waals surface area contributed by atoms with Crippen molar-refractivity contribution in [3.63, 3.8) is 0 Å². The Hall–Kier alpha value is -0.890. The fraction of sp³-hybridized carbons (Fsp3) is 0.500.